The van der Waals surface area contributed by atoms with Gasteiger partial charge in [0.1, 0.15) is 5.75 Å². The van der Waals surface area contributed by atoms with E-state index in [2.05, 4.69) is 21.3 Å². The van der Waals surface area contributed by atoms with E-state index in [1.165, 1.54) is 0 Å². The molecule has 136 valence electrons. The van der Waals surface area contributed by atoms with Crippen molar-refractivity contribution in [2.75, 3.05) is 39.5 Å². The molecule has 0 spiro atoms. The van der Waals surface area contributed by atoms with Crippen LogP contribution in [-0.4, -0.2) is 55.2 Å². The van der Waals surface area contributed by atoms with Gasteiger partial charge in [-0.1, -0.05) is 6.07 Å². The number of nitrogens with zero attached hydrogens (tertiary/aromatic N) is 2. The van der Waals surface area contributed by atoms with E-state index in [1.807, 2.05) is 30.5 Å². The third-order valence-corrected chi connectivity index (χ3v) is 4.96. The number of ether oxygens (including phenoxy) is 2. The van der Waals surface area contributed by atoms with Crippen LogP contribution in [0.2, 0.25) is 0 Å². The summed E-state index contributed by atoms with van der Waals surface area (Å²) in [6.07, 6.45) is 4.51. The number of carbonyl (C=O) groups excluding carboxylic acids is 1. The molecule has 0 bridgehead atoms. The van der Waals surface area contributed by atoms with Gasteiger partial charge in [0.05, 0.1) is 25.9 Å². The third kappa shape index (κ3) is 3.71. The largest absolute Gasteiger partial charge is 0.493 e. The van der Waals surface area contributed by atoms with Gasteiger partial charge in [0.15, 0.2) is 0 Å². The topological polar surface area (TPSA) is 63.7 Å². The van der Waals surface area contributed by atoms with Crippen LogP contribution in [0, 0.1) is 0 Å². The average Bonchev–Trinajstić information content (AvgIpc) is 3.17. The Morgan fingerprint density at radius 3 is 2.92 bits per heavy atom. The molecule has 1 fully saturated rings. The average molecular weight is 353 g/mol. The van der Waals surface area contributed by atoms with Crippen LogP contribution < -0.4 is 10.1 Å². The summed E-state index contributed by atoms with van der Waals surface area (Å²) in [5, 5.41) is 3.10. The fourth-order valence-electron chi connectivity index (χ4n) is 3.54. The first-order chi connectivity index (χ1) is 12.8. The number of fused-ring (bicyclic) bond motifs is 1. The summed E-state index contributed by atoms with van der Waals surface area (Å²) in [4.78, 5) is 19.2. The van der Waals surface area contributed by atoms with E-state index in [4.69, 9.17) is 9.47 Å². The molecule has 1 aromatic heterocycles. The number of rotatable bonds is 5. The van der Waals surface area contributed by atoms with Gasteiger partial charge in [-0.2, -0.15) is 0 Å². The Labute approximate surface area is 153 Å². The van der Waals surface area contributed by atoms with Crippen LogP contribution in [0.5, 0.6) is 5.75 Å². The monoisotopic (exact) mass is 353 g/mol. The molecule has 26 heavy (non-hydrogen) atoms. The molecule has 2 aliphatic heterocycles. The number of morpholine rings is 1. The molecule has 1 saturated heterocycles. The number of benzene rings is 1. The molecule has 2 aliphatic rings. The maximum Gasteiger partial charge on any atom is 0.251 e. The number of pyridine rings is 1. The molecule has 0 unspecified atom stereocenters. The highest BCUT2D eigenvalue weighted by molar-refractivity contribution is 5.94. The van der Waals surface area contributed by atoms with Gasteiger partial charge in [-0.25, -0.2) is 0 Å². The Hall–Kier alpha value is -2.44. The number of hydrogen-bond acceptors (Lipinski definition) is 5. The molecule has 1 atom stereocenters. The van der Waals surface area contributed by atoms with E-state index >= 15 is 0 Å². The lowest BCUT2D eigenvalue weighted by atomic mass is 10.1. The molecule has 4 rings (SSSR count). The summed E-state index contributed by atoms with van der Waals surface area (Å²) in [5.74, 6) is 0.838. The van der Waals surface area contributed by atoms with Gasteiger partial charge in [0.2, 0.25) is 0 Å². The van der Waals surface area contributed by atoms with Crippen LogP contribution in [0.4, 0.5) is 0 Å². The Morgan fingerprint density at radius 1 is 1.23 bits per heavy atom. The predicted molar refractivity (Wildman–Crippen MR) is 97.3 cm³/mol. The van der Waals surface area contributed by atoms with E-state index < -0.39 is 0 Å². The van der Waals surface area contributed by atoms with Crippen LogP contribution in [0.25, 0.3) is 0 Å². The Balaban J connectivity index is 1.46. The molecule has 1 amide bonds. The second-order valence-corrected chi connectivity index (χ2v) is 6.58. The first-order valence-electron chi connectivity index (χ1n) is 9.07. The summed E-state index contributed by atoms with van der Waals surface area (Å²) in [5.41, 5.74) is 2.90. The zero-order valence-corrected chi connectivity index (χ0v) is 14.7. The normalized spacial score (nSPS) is 18.0. The van der Waals surface area contributed by atoms with Crippen LogP contribution in [0.3, 0.4) is 0 Å². The van der Waals surface area contributed by atoms with Gasteiger partial charge in [-0.15, -0.1) is 0 Å². The summed E-state index contributed by atoms with van der Waals surface area (Å²) >= 11 is 0. The number of nitrogens with one attached hydrogen (secondary N) is 1. The number of carbonyl (C=O) groups is 1. The van der Waals surface area contributed by atoms with Crippen molar-refractivity contribution < 1.29 is 14.3 Å². The van der Waals surface area contributed by atoms with Gasteiger partial charge in [0.25, 0.3) is 5.91 Å². The SMILES string of the molecule is O=C(NC[C@H](c1cccnc1)N1CCOCC1)c1ccc2c(c1)CCO2. The highest BCUT2D eigenvalue weighted by atomic mass is 16.5. The zero-order valence-electron chi connectivity index (χ0n) is 14.7. The Kier molecular flexibility index (Phi) is 5.13. The standard InChI is InChI=1S/C20H23N3O3/c24-20(16-3-4-19-15(12-16)5-9-26-19)22-14-18(17-2-1-6-21-13-17)23-7-10-25-11-8-23/h1-4,6,12-13,18H,5,7-11,14H2,(H,22,24)/t18-/m1/s1. The fraction of sp³-hybridized carbons (Fsp3) is 0.400. The molecular weight excluding hydrogens is 330 g/mol. The number of hydrogen-bond donors (Lipinski definition) is 1. The van der Waals surface area contributed by atoms with Crippen LogP contribution >= 0.6 is 0 Å². The predicted octanol–water partition coefficient (Wildman–Crippen LogP) is 1.82. The van der Waals surface area contributed by atoms with Gasteiger partial charge in [-0.3, -0.25) is 14.7 Å². The Morgan fingerprint density at radius 2 is 2.12 bits per heavy atom. The van der Waals surface area contributed by atoms with E-state index in [-0.39, 0.29) is 11.9 Å². The third-order valence-electron chi connectivity index (χ3n) is 4.96. The molecule has 0 radical (unpaired) electrons. The van der Waals surface area contributed by atoms with Gasteiger partial charge >= 0.3 is 0 Å². The van der Waals surface area contributed by atoms with Crippen LogP contribution in [0.1, 0.15) is 27.5 Å². The first kappa shape index (κ1) is 17.0. The van der Waals surface area contributed by atoms with Crippen molar-refractivity contribution in [3.8, 4) is 5.75 Å². The molecule has 1 N–H and O–H groups in total. The fourth-order valence-corrected chi connectivity index (χ4v) is 3.54. The molecule has 3 heterocycles. The maximum atomic E-state index is 12.7. The summed E-state index contributed by atoms with van der Waals surface area (Å²) in [7, 11) is 0. The quantitative estimate of drug-likeness (QED) is 0.888. The minimum absolute atomic E-state index is 0.0538. The molecule has 0 aliphatic carbocycles. The van der Waals surface area contributed by atoms with E-state index in [9.17, 15) is 4.79 Å². The number of aromatic nitrogens is 1. The lowest BCUT2D eigenvalue weighted by molar-refractivity contribution is 0.0161. The van der Waals surface area contributed by atoms with Crippen molar-refractivity contribution in [3.63, 3.8) is 0 Å². The van der Waals surface area contributed by atoms with Crippen LogP contribution in [-0.2, 0) is 11.2 Å². The van der Waals surface area contributed by atoms with Crippen molar-refractivity contribution in [3.05, 3.63) is 59.4 Å². The smallest absolute Gasteiger partial charge is 0.251 e. The lowest BCUT2D eigenvalue weighted by Crippen LogP contribution is -2.43. The minimum Gasteiger partial charge on any atom is -0.493 e. The minimum atomic E-state index is -0.0538. The second-order valence-electron chi connectivity index (χ2n) is 6.58. The zero-order chi connectivity index (χ0) is 17.8. The molecule has 6 heteroatoms. The molecule has 1 aromatic carbocycles. The summed E-state index contributed by atoms with van der Waals surface area (Å²) in [6.45, 7) is 4.38. The summed E-state index contributed by atoms with van der Waals surface area (Å²) < 4.78 is 11.0. The molecule has 6 nitrogen and oxygen atoms in total. The Bertz CT molecular complexity index is 760. The first-order valence-corrected chi connectivity index (χ1v) is 9.07. The highest BCUT2D eigenvalue weighted by Gasteiger charge is 2.24. The van der Waals surface area contributed by atoms with E-state index in [1.54, 1.807) is 6.20 Å². The lowest BCUT2D eigenvalue weighted by Gasteiger charge is -2.34. The van der Waals surface area contributed by atoms with Crippen molar-refractivity contribution >= 4 is 5.91 Å². The van der Waals surface area contributed by atoms with Crippen molar-refractivity contribution in [1.29, 1.82) is 0 Å². The van der Waals surface area contributed by atoms with Crippen molar-refractivity contribution in [2.45, 2.75) is 12.5 Å². The maximum absolute atomic E-state index is 12.7. The molecule has 0 saturated carbocycles. The highest BCUT2D eigenvalue weighted by Crippen LogP contribution is 2.26. The second kappa shape index (κ2) is 7.85. The van der Waals surface area contributed by atoms with E-state index in [0.717, 1.165) is 49.6 Å². The van der Waals surface area contributed by atoms with Crippen molar-refractivity contribution in [2.24, 2.45) is 0 Å². The van der Waals surface area contributed by atoms with Crippen LogP contribution in [0.15, 0.2) is 42.7 Å². The molecule has 2 aromatic rings. The van der Waals surface area contributed by atoms with Crippen molar-refractivity contribution in [1.82, 2.24) is 15.2 Å². The number of amides is 1. The van der Waals surface area contributed by atoms with E-state index in [0.29, 0.717) is 18.7 Å². The van der Waals surface area contributed by atoms with Gasteiger partial charge in [0, 0.05) is 44.0 Å². The van der Waals surface area contributed by atoms with Gasteiger partial charge in [-0.05, 0) is 35.4 Å². The summed E-state index contributed by atoms with van der Waals surface area (Å²) in [6, 6.07) is 9.74. The van der Waals surface area contributed by atoms with Gasteiger partial charge < -0.3 is 14.8 Å². The molecular formula is C20H23N3O3.